The number of carbonyl (C=O) groups is 2. The molecule has 0 aliphatic carbocycles. The largest absolute Gasteiger partial charge is 0.497 e. The first kappa shape index (κ1) is 20.1. The normalized spacial score (nSPS) is 19.2. The van der Waals surface area contributed by atoms with E-state index in [0.29, 0.717) is 29.0 Å². The van der Waals surface area contributed by atoms with E-state index in [0.717, 1.165) is 0 Å². The Kier molecular flexibility index (Phi) is 7.28. The van der Waals surface area contributed by atoms with E-state index in [9.17, 15) is 9.59 Å². The molecule has 2 rings (SSSR count). The van der Waals surface area contributed by atoms with E-state index in [1.165, 1.54) is 18.9 Å². The zero-order valence-electron chi connectivity index (χ0n) is 15.2. The molecule has 2 N–H and O–H groups in total. The molecule has 1 aliphatic rings. The summed E-state index contributed by atoms with van der Waals surface area (Å²) in [5, 5.41) is 5.45. The van der Waals surface area contributed by atoms with Crippen molar-refractivity contribution in [1.29, 1.82) is 0 Å². The van der Waals surface area contributed by atoms with Gasteiger partial charge in [-0.05, 0) is 19.1 Å². The zero-order valence-corrected chi connectivity index (χ0v) is 16.0. The van der Waals surface area contributed by atoms with Crippen molar-refractivity contribution in [3.63, 3.8) is 0 Å². The van der Waals surface area contributed by atoms with Gasteiger partial charge in [0.1, 0.15) is 16.7 Å². The lowest BCUT2D eigenvalue weighted by molar-refractivity contribution is -0.122. The number of aliphatic imine (C=N–C) groups is 1. The number of rotatable bonds is 8. The molecule has 1 aliphatic heterocycles. The summed E-state index contributed by atoms with van der Waals surface area (Å²) in [6, 6.07) is 5.02. The lowest BCUT2D eigenvalue weighted by Gasteiger charge is -2.12. The summed E-state index contributed by atoms with van der Waals surface area (Å²) in [6.45, 7) is 2.35. The van der Waals surface area contributed by atoms with Crippen molar-refractivity contribution in [2.24, 2.45) is 4.99 Å². The van der Waals surface area contributed by atoms with Gasteiger partial charge in [0.15, 0.2) is 5.17 Å². The number of nitrogens with one attached hydrogen (secondary N) is 2. The summed E-state index contributed by atoms with van der Waals surface area (Å²) < 4.78 is 15.4. The molecule has 26 heavy (non-hydrogen) atoms. The third-order valence-electron chi connectivity index (χ3n) is 3.58. The van der Waals surface area contributed by atoms with E-state index < -0.39 is 5.25 Å². The molecule has 1 aromatic carbocycles. The molecule has 1 saturated heterocycles. The second-order valence-electron chi connectivity index (χ2n) is 5.65. The van der Waals surface area contributed by atoms with Crippen molar-refractivity contribution in [3.05, 3.63) is 18.2 Å². The lowest BCUT2D eigenvalue weighted by Crippen LogP contribution is -2.28. The van der Waals surface area contributed by atoms with E-state index in [-0.39, 0.29) is 24.3 Å². The Morgan fingerprint density at radius 2 is 2.12 bits per heavy atom. The molecule has 0 radical (unpaired) electrons. The Bertz CT molecular complexity index is 695. The standard InChI is InChI=1S/C17H23N3O5S/c1-10(9-23-2)18-17-20-16(22)14(26-17)8-15(21)19-12-6-5-11(24-3)7-13(12)25-4/h5-7,10,14H,8-9H2,1-4H3,(H,19,21)(H,18,20,22). The number of hydrogen-bond donors (Lipinski definition) is 2. The molecule has 0 spiro atoms. The van der Waals surface area contributed by atoms with Gasteiger partial charge >= 0.3 is 0 Å². The van der Waals surface area contributed by atoms with Crippen molar-refractivity contribution in [1.82, 2.24) is 5.32 Å². The smallest absolute Gasteiger partial charge is 0.240 e. The number of benzene rings is 1. The summed E-state index contributed by atoms with van der Waals surface area (Å²) in [4.78, 5) is 28.7. The summed E-state index contributed by atoms with van der Waals surface area (Å²) in [5.74, 6) is 0.594. The van der Waals surface area contributed by atoms with Gasteiger partial charge in [-0.15, -0.1) is 0 Å². The van der Waals surface area contributed by atoms with E-state index in [1.807, 2.05) is 6.92 Å². The van der Waals surface area contributed by atoms with Crippen LogP contribution in [0.3, 0.4) is 0 Å². The highest BCUT2D eigenvalue weighted by molar-refractivity contribution is 8.15. The second kappa shape index (κ2) is 9.44. The number of nitrogens with zero attached hydrogens (tertiary/aromatic N) is 1. The van der Waals surface area contributed by atoms with Crippen molar-refractivity contribution >= 4 is 34.4 Å². The molecule has 9 heteroatoms. The molecular formula is C17H23N3O5S. The second-order valence-corrected chi connectivity index (χ2v) is 6.84. The molecule has 2 amide bonds. The van der Waals surface area contributed by atoms with Gasteiger partial charge < -0.3 is 24.8 Å². The average Bonchev–Trinajstić information content (AvgIpc) is 2.94. The summed E-state index contributed by atoms with van der Waals surface area (Å²) in [7, 11) is 4.65. The zero-order chi connectivity index (χ0) is 19.1. The first-order valence-electron chi connectivity index (χ1n) is 8.03. The van der Waals surface area contributed by atoms with Crippen LogP contribution >= 0.6 is 11.8 Å². The highest BCUT2D eigenvalue weighted by Gasteiger charge is 2.32. The van der Waals surface area contributed by atoms with Gasteiger partial charge in [0.05, 0.1) is 32.6 Å². The minimum Gasteiger partial charge on any atom is -0.497 e. The van der Waals surface area contributed by atoms with Crippen LogP contribution in [0.4, 0.5) is 5.69 Å². The van der Waals surface area contributed by atoms with Gasteiger partial charge in [-0.3, -0.25) is 14.6 Å². The van der Waals surface area contributed by atoms with Crippen LogP contribution in [0.25, 0.3) is 0 Å². The van der Waals surface area contributed by atoms with Gasteiger partial charge in [-0.25, -0.2) is 0 Å². The van der Waals surface area contributed by atoms with Crippen molar-refractivity contribution in [2.45, 2.75) is 24.6 Å². The number of methoxy groups -OCH3 is 3. The lowest BCUT2D eigenvalue weighted by atomic mass is 10.2. The van der Waals surface area contributed by atoms with Crippen LogP contribution in [-0.4, -0.2) is 56.2 Å². The Balaban J connectivity index is 1.97. The molecular weight excluding hydrogens is 358 g/mol. The molecule has 0 aromatic heterocycles. The van der Waals surface area contributed by atoms with Crippen LogP contribution in [0.1, 0.15) is 13.3 Å². The minimum absolute atomic E-state index is 0.0311. The topological polar surface area (TPSA) is 98.2 Å². The fourth-order valence-electron chi connectivity index (χ4n) is 2.35. The molecule has 2 unspecified atom stereocenters. The van der Waals surface area contributed by atoms with E-state index in [1.54, 1.807) is 32.4 Å². The number of carbonyl (C=O) groups excluding carboxylic acids is 2. The third-order valence-corrected chi connectivity index (χ3v) is 4.67. The van der Waals surface area contributed by atoms with Crippen molar-refractivity contribution in [3.8, 4) is 11.5 Å². The Hall–Kier alpha value is -2.26. The Morgan fingerprint density at radius 3 is 2.77 bits per heavy atom. The number of amides is 2. The maximum Gasteiger partial charge on any atom is 0.240 e. The van der Waals surface area contributed by atoms with Gasteiger partial charge in [0.25, 0.3) is 0 Å². The molecule has 1 fully saturated rings. The highest BCUT2D eigenvalue weighted by atomic mass is 32.2. The number of ether oxygens (including phenoxy) is 3. The summed E-state index contributed by atoms with van der Waals surface area (Å²) in [5.41, 5.74) is 0.518. The number of hydrogen-bond acceptors (Lipinski definition) is 7. The summed E-state index contributed by atoms with van der Waals surface area (Å²) in [6.07, 6.45) is 0.0311. The van der Waals surface area contributed by atoms with Gasteiger partial charge in [0.2, 0.25) is 11.8 Å². The minimum atomic E-state index is -0.521. The predicted octanol–water partition coefficient (Wildman–Crippen LogP) is 1.65. The first-order valence-corrected chi connectivity index (χ1v) is 8.91. The van der Waals surface area contributed by atoms with Crippen molar-refractivity contribution in [2.75, 3.05) is 33.3 Å². The van der Waals surface area contributed by atoms with Gasteiger partial charge in [0, 0.05) is 19.6 Å². The van der Waals surface area contributed by atoms with E-state index >= 15 is 0 Å². The number of amidine groups is 1. The molecule has 142 valence electrons. The van der Waals surface area contributed by atoms with E-state index in [2.05, 4.69) is 15.6 Å². The van der Waals surface area contributed by atoms with Gasteiger partial charge in [-0.1, -0.05) is 11.8 Å². The van der Waals surface area contributed by atoms with Crippen LogP contribution < -0.4 is 20.1 Å². The molecule has 0 saturated carbocycles. The fourth-order valence-corrected chi connectivity index (χ4v) is 3.42. The predicted molar refractivity (Wildman–Crippen MR) is 101 cm³/mol. The highest BCUT2D eigenvalue weighted by Crippen LogP contribution is 2.30. The Labute approximate surface area is 156 Å². The summed E-state index contributed by atoms with van der Waals surface area (Å²) >= 11 is 1.25. The van der Waals surface area contributed by atoms with Gasteiger partial charge in [-0.2, -0.15) is 0 Å². The van der Waals surface area contributed by atoms with Crippen LogP contribution in [0, 0.1) is 0 Å². The maximum atomic E-state index is 12.3. The number of thioether (sulfide) groups is 1. The SMILES string of the molecule is COCC(C)N=C1NC(=O)C(CC(=O)Nc2ccc(OC)cc2OC)S1. The maximum absolute atomic E-state index is 12.3. The van der Waals surface area contributed by atoms with E-state index in [4.69, 9.17) is 14.2 Å². The third kappa shape index (κ3) is 5.37. The Morgan fingerprint density at radius 1 is 1.35 bits per heavy atom. The van der Waals surface area contributed by atoms with Crippen LogP contribution in [0.2, 0.25) is 0 Å². The molecule has 2 atom stereocenters. The van der Waals surface area contributed by atoms with Crippen LogP contribution in [0.15, 0.2) is 23.2 Å². The molecule has 1 aromatic rings. The van der Waals surface area contributed by atoms with Crippen LogP contribution in [-0.2, 0) is 14.3 Å². The fraction of sp³-hybridized carbons (Fsp3) is 0.471. The first-order chi connectivity index (χ1) is 12.5. The van der Waals surface area contributed by atoms with Crippen molar-refractivity contribution < 1.29 is 23.8 Å². The monoisotopic (exact) mass is 381 g/mol. The molecule has 8 nitrogen and oxygen atoms in total. The van der Waals surface area contributed by atoms with Crippen LogP contribution in [0.5, 0.6) is 11.5 Å². The average molecular weight is 381 g/mol. The quantitative estimate of drug-likeness (QED) is 0.711. The molecule has 1 heterocycles. The molecule has 0 bridgehead atoms. The number of anilines is 1.